The average molecular weight is 728 g/mol. The van der Waals surface area contributed by atoms with Crippen LogP contribution in [-0.4, -0.2) is 49.6 Å². The van der Waals surface area contributed by atoms with Crippen molar-refractivity contribution < 1.29 is 45.3 Å². The first kappa shape index (κ1) is 33.7. The van der Waals surface area contributed by atoms with E-state index in [1.807, 2.05) is 0 Å². The minimum absolute atomic E-state index is 0.0196. The van der Waals surface area contributed by atoms with Gasteiger partial charge >= 0.3 is 12.6 Å². The van der Waals surface area contributed by atoms with Crippen LogP contribution in [0.2, 0.25) is 15.1 Å². The Bertz CT molecular complexity index is 1680. The van der Waals surface area contributed by atoms with E-state index in [0.717, 1.165) is 59.5 Å². The molecule has 3 aromatic rings. The third-order valence-corrected chi connectivity index (χ3v) is 11.3. The van der Waals surface area contributed by atoms with Crippen molar-refractivity contribution in [2.45, 2.75) is 42.2 Å². The maximum Gasteiger partial charge on any atom is 0.387 e. The van der Waals surface area contributed by atoms with Crippen LogP contribution in [0.4, 0.5) is 13.2 Å². The summed E-state index contributed by atoms with van der Waals surface area (Å²) in [7, 11) is -4.37. The zero-order chi connectivity index (χ0) is 32.5. The van der Waals surface area contributed by atoms with Crippen LogP contribution < -0.4 is 14.2 Å². The molecule has 2 atom stereocenters. The number of rotatable bonds is 12. The number of hydrogen-bond donors (Lipinski definition) is 0. The fourth-order valence-electron chi connectivity index (χ4n) is 4.56. The summed E-state index contributed by atoms with van der Waals surface area (Å²) in [4.78, 5) is 13.3. The van der Waals surface area contributed by atoms with Crippen LogP contribution in [0.25, 0.3) is 0 Å². The van der Waals surface area contributed by atoms with Crippen molar-refractivity contribution in [1.29, 1.82) is 0 Å². The van der Waals surface area contributed by atoms with Crippen molar-refractivity contribution in [3.63, 3.8) is 0 Å². The van der Waals surface area contributed by atoms with Crippen molar-refractivity contribution in [2.24, 2.45) is 5.92 Å². The molecular formula is C28H24Cl3F3N2O7S2. The molecule has 1 aromatic heterocycles. The molecule has 2 heterocycles. The molecule has 0 amide bonds. The molecule has 0 spiro atoms. The van der Waals surface area contributed by atoms with E-state index in [1.54, 1.807) is 0 Å². The van der Waals surface area contributed by atoms with Crippen molar-refractivity contribution in [2.75, 3.05) is 18.9 Å². The fourth-order valence-corrected chi connectivity index (χ4v) is 8.71. The van der Waals surface area contributed by atoms with E-state index < -0.39 is 39.9 Å². The standard InChI is InChI=1S/C28H24Cl3F3N2O7S2/c29-19-10-17(32)4-6-25(19)45(39,40)36-7-8-44-26(36)27(37)42-23(11-18-20(30)12-35(38)13-21(18)31)16-3-5-22(43-28(33)34)24(9-16)41-14-15-1-2-15/h3-6,9-10,12-13,15,23,26,28H,1-2,7-8,11,14H2/t23-,26?/m0/s1. The quantitative estimate of drug-likeness (QED) is 0.120. The minimum Gasteiger partial charge on any atom is -0.619 e. The maximum atomic E-state index is 13.7. The zero-order valence-corrected chi connectivity index (χ0v) is 26.9. The van der Waals surface area contributed by atoms with Gasteiger partial charge in [-0.1, -0.05) is 40.9 Å². The fraction of sp³-hybridized carbons (Fsp3) is 0.357. The monoisotopic (exact) mass is 726 g/mol. The number of alkyl halides is 2. The Morgan fingerprint density at radius 1 is 1.07 bits per heavy atom. The second-order valence-corrected chi connectivity index (χ2v) is 14.4. The normalized spacial score (nSPS) is 17.8. The number of nitrogens with zero attached hydrogens (tertiary/aromatic N) is 2. The number of pyridine rings is 1. The molecule has 1 saturated heterocycles. The predicted molar refractivity (Wildman–Crippen MR) is 161 cm³/mol. The molecule has 2 aliphatic rings. The average Bonchev–Trinajstić information content (AvgIpc) is 3.64. The van der Waals surface area contributed by atoms with Crippen LogP contribution in [0.3, 0.4) is 0 Å². The molecule has 5 rings (SSSR count). The highest BCUT2D eigenvalue weighted by molar-refractivity contribution is 8.02. The Labute approximate surface area is 275 Å². The second-order valence-electron chi connectivity index (χ2n) is 10.2. The van der Waals surface area contributed by atoms with Gasteiger partial charge in [-0.15, -0.1) is 11.8 Å². The number of carbonyl (C=O) groups excluding carboxylic acids is 1. The highest BCUT2D eigenvalue weighted by atomic mass is 35.5. The summed E-state index contributed by atoms with van der Waals surface area (Å²) in [6.45, 7) is -2.94. The third kappa shape index (κ3) is 8.03. The number of aromatic nitrogens is 1. The maximum absolute atomic E-state index is 13.7. The summed E-state index contributed by atoms with van der Waals surface area (Å²) in [6, 6.07) is 6.80. The lowest BCUT2D eigenvalue weighted by molar-refractivity contribution is -0.605. The van der Waals surface area contributed by atoms with Gasteiger partial charge in [0.1, 0.15) is 26.9 Å². The van der Waals surface area contributed by atoms with Crippen molar-refractivity contribution in [3.8, 4) is 11.5 Å². The summed E-state index contributed by atoms with van der Waals surface area (Å²) in [5.74, 6) is -1.44. The summed E-state index contributed by atoms with van der Waals surface area (Å²) < 4.78 is 84.5. The molecule has 2 aromatic carbocycles. The topological polar surface area (TPSA) is 109 Å². The van der Waals surface area contributed by atoms with Crippen molar-refractivity contribution in [3.05, 3.63) is 86.0 Å². The van der Waals surface area contributed by atoms with Gasteiger partial charge in [0.2, 0.25) is 10.0 Å². The Morgan fingerprint density at radius 3 is 2.42 bits per heavy atom. The molecule has 0 N–H and O–H groups in total. The Morgan fingerprint density at radius 2 is 1.78 bits per heavy atom. The summed E-state index contributed by atoms with van der Waals surface area (Å²) >= 11 is 19.7. The van der Waals surface area contributed by atoms with Crippen LogP contribution in [0.1, 0.15) is 30.1 Å². The minimum atomic E-state index is -4.37. The SMILES string of the molecule is O=C(O[C@@H](Cc1c(Cl)c[n+]([O-])cc1Cl)c1ccc(OC(F)F)c(OCC2CC2)c1)C1SCCN1S(=O)(=O)c1ccc(F)cc1Cl. The van der Waals surface area contributed by atoms with Crippen LogP contribution in [0, 0.1) is 16.9 Å². The van der Waals surface area contributed by atoms with Crippen LogP contribution in [0.5, 0.6) is 11.5 Å². The van der Waals surface area contributed by atoms with E-state index in [2.05, 4.69) is 4.74 Å². The summed E-state index contributed by atoms with van der Waals surface area (Å²) in [5.41, 5.74) is 0.499. The van der Waals surface area contributed by atoms with Gasteiger partial charge in [0, 0.05) is 24.3 Å². The van der Waals surface area contributed by atoms with Crippen LogP contribution >= 0.6 is 46.6 Å². The van der Waals surface area contributed by atoms with Crippen LogP contribution in [-0.2, 0) is 26.0 Å². The van der Waals surface area contributed by atoms with Gasteiger partial charge in [-0.2, -0.15) is 17.8 Å². The first-order valence-electron chi connectivity index (χ1n) is 13.4. The molecule has 45 heavy (non-hydrogen) atoms. The molecule has 0 bridgehead atoms. The number of halogens is 6. The third-order valence-electron chi connectivity index (χ3n) is 6.96. The first-order chi connectivity index (χ1) is 21.3. The summed E-state index contributed by atoms with van der Waals surface area (Å²) in [5, 5.41) is 10.1. The molecule has 0 radical (unpaired) electrons. The van der Waals surface area contributed by atoms with Gasteiger partial charge in [0.15, 0.2) is 29.3 Å². The number of thioether (sulfide) groups is 1. The number of carbonyl (C=O) groups is 1. The highest BCUT2D eigenvalue weighted by Crippen LogP contribution is 2.39. The van der Waals surface area contributed by atoms with E-state index in [4.69, 9.17) is 44.3 Å². The largest absolute Gasteiger partial charge is 0.619 e. The molecule has 242 valence electrons. The van der Waals surface area contributed by atoms with E-state index >= 15 is 0 Å². The van der Waals surface area contributed by atoms with Gasteiger partial charge in [-0.05, 0) is 54.7 Å². The lowest BCUT2D eigenvalue weighted by Crippen LogP contribution is -2.40. The molecule has 17 heteroatoms. The first-order valence-corrected chi connectivity index (χ1v) is 17.0. The van der Waals surface area contributed by atoms with Gasteiger partial charge in [0.05, 0.1) is 11.6 Å². The molecule has 9 nitrogen and oxygen atoms in total. The Hall–Kier alpha value is -2.62. The number of ether oxygens (including phenoxy) is 3. The Balaban J connectivity index is 1.48. The van der Waals surface area contributed by atoms with E-state index in [0.29, 0.717) is 4.73 Å². The van der Waals surface area contributed by atoms with E-state index in [1.165, 1.54) is 18.2 Å². The second kappa shape index (κ2) is 14.0. The molecular weight excluding hydrogens is 704 g/mol. The molecule has 2 fully saturated rings. The van der Waals surface area contributed by atoms with Crippen molar-refractivity contribution in [1.82, 2.24) is 4.31 Å². The predicted octanol–water partition coefficient (Wildman–Crippen LogP) is 6.40. The Kier molecular flexibility index (Phi) is 10.5. The molecule has 1 aliphatic heterocycles. The highest BCUT2D eigenvalue weighted by Gasteiger charge is 2.43. The number of sulfonamides is 1. The van der Waals surface area contributed by atoms with Gasteiger partial charge in [-0.25, -0.2) is 17.6 Å². The van der Waals surface area contributed by atoms with Gasteiger partial charge in [-0.3, -0.25) is 0 Å². The van der Waals surface area contributed by atoms with E-state index in [9.17, 15) is 31.6 Å². The van der Waals surface area contributed by atoms with Gasteiger partial charge < -0.3 is 19.4 Å². The van der Waals surface area contributed by atoms with Gasteiger partial charge in [0.25, 0.3) is 0 Å². The molecule has 1 saturated carbocycles. The lowest BCUT2D eigenvalue weighted by Gasteiger charge is -2.26. The smallest absolute Gasteiger partial charge is 0.387 e. The van der Waals surface area contributed by atoms with Crippen LogP contribution in [0.15, 0.2) is 53.7 Å². The molecule has 1 aliphatic carbocycles. The molecule has 1 unspecified atom stereocenters. The number of esters is 1. The summed E-state index contributed by atoms with van der Waals surface area (Å²) in [6.07, 6.45) is 2.57. The zero-order valence-electron chi connectivity index (χ0n) is 23.0. The number of hydrogen-bond acceptors (Lipinski definition) is 8. The van der Waals surface area contributed by atoms with Crippen molar-refractivity contribution >= 4 is 62.6 Å². The number of benzene rings is 2. The van der Waals surface area contributed by atoms with E-state index in [-0.39, 0.29) is 73.8 Å². The lowest BCUT2D eigenvalue weighted by atomic mass is 10.0.